The standard InChI is InChI=1S/C16H10N2O6/c19-15(13-3-1-9-21-13)23-17-11-5-7-12(8-6-11)18-24-16(20)14-4-2-10-22-14/h1-10H. The van der Waals surface area contributed by atoms with E-state index in [-0.39, 0.29) is 11.5 Å². The lowest BCUT2D eigenvalue weighted by atomic mass is 10.1. The molecule has 24 heavy (non-hydrogen) atoms. The Morgan fingerprint density at radius 2 is 1.17 bits per heavy atom. The van der Waals surface area contributed by atoms with E-state index in [0.717, 1.165) is 0 Å². The second-order valence-corrected chi connectivity index (χ2v) is 4.41. The van der Waals surface area contributed by atoms with Crippen LogP contribution in [0.3, 0.4) is 0 Å². The number of allylic oxidation sites excluding steroid dienone is 4. The largest absolute Gasteiger partial charge is 0.457 e. The Labute approximate surface area is 135 Å². The van der Waals surface area contributed by atoms with Crippen LogP contribution >= 0.6 is 0 Å². The summed E-state index contributed by atoms with van der Waals surface area (Å²) in [5, 5.41) is 7.33. The van der Waals surface area contributed by atoms with Crippen LogP contribution in [0.2, 0.25) is 0 Å². The monoisotopic (exact) mass is 326 g/mol. The molecule has 8 heteroatoms. The summed E-state index contributed by atoms with van der Waals surface area (Å²) < 4.78 is 9.76. The van der Waals surface area contributed by atoms with Crippen molar-refractivity contribution in [1.29, 1.82) is 0 Å². The van der Waals surface area contributed by atoms with Gasteiger partial charge in [0.25, 0.3) is 0 Å². The van der Waals surface area contributed by atoms with Gasteiger partial charge in [0, 0.05) is 0 Å². The topological polar surface area (TPSA) is 104 Å². The van der Waals surface area contributed by atoms with Crippen molar-refractivity contribution in [3.8, 4) is 0 Å². The first-order valence-electron chi connectivity index (χ1n) is 6.74. The number of hydrogen-bond acceptors (Lipinski definition) is 8. The minimum Gasteiger partial charge on any atom is -0.457 e. The molecule has 0 aromatic carbocycles. The Morgan fingerprint density at radius 3 is 1.50 bits per heavy atom. The summed E-state index contributed by atoms with van der Waals surface area (Å²) in [6.45, 7) is 0. The summed E-state index contributed by atoms with van der Waals surface area (Å²) in [5.41, 5.74) is 0.762. The van der Waals surface area contributed by atoms with Crippen LogP contribution in [-0.4, -0.2) is 23.4 Å². The molecule has 2 aromatic rings. The van der Waals surface area contributed by atoms with Crippen molar-refractivity contribution in [2.45, 2.75) is 0 Å². The Morgan fingerprint density at radius 1 is 0.750 bits per heavy atom. The van der Waals surface area contributed by atoms with E-state index >= 15 is 0 Å². The number of carbonyl (C=O) groups excluding carboxylic acids is 2. The molecule has 0 radical (unpaired) electrons. The molecule has 1 aliphatic rings. The highest BCUT2D eigenvalue weighted by Crippen LogP contribution is 2.06. The van der Waals surface area contributed by atoms with Gasteiger partial charge in [-0.2, -0.15) is 0 Å². The van der Waals surface area contributed by atoms with E-state index in [1.807, 2.05) is 0 Å². The van der Waals surface area contributed by atoms with E-state index in [2.05, 4.69) is 10.3 Å². The third-order valence-electron chi connectivity index (χ3n) is 2.76. The highest BCUT2D eigenvalue weighted by Gasteiger charge is 2.12. The molecule has 120 valence electrons. The Kier molecular flexibility index (Phi) is 4.47. The number of carbonyl (C=O) groups is 2. The summed E-state index contributed by atoms with van der Waals surface area (Å²) >= 11 is 0. The van der Waals surface area contributed by atoms with Gasteiger partial charge < -0.3 is 18.5 Å². The van der Waals surface area contributed by atoms with Crippen molar-refractivity contribution in [2.24, 2.45) is 10.3 Å². The zero-order chi connectivity index (χ0) is 16.8. The van der Waals surface area contributed by atoms with Crippen LogP contribution in [0.4, 0.5) is 0 Å². The number of nitrogens with zero attached hydrogens (tertiary/aromatic N) is 2. The molecule has 0 N–H and O–H groups in total. The highest BCUT2D eigenvalue weighted by molar-refractivity contribution is 6.18. The fourth-order valence-corrected chi connectivity index (χ4v) is 1.64. The van der Waals surface area contributed by atoms with Crippen LogP contribution in [0.1, 0.15) is 21.1 Å². The maximum atomic E-state index is 11.5. The van der Waals surface area contributed by atoms with Gasteiger partial charge in [0.15, 0.2) is 0 Å². The summed E-state index contributed by atoms with van der Waals surface area (Å²) in [6.07, 6.45) is 8.86. The maximum Gasteiger partial charge on any atom is 0.400 e. The Bertz CT molecular complexity index is 753. The fraction of sp³-hybridized carbons (Fsp3) is 0. The SMILES string of the molecule is O=C(ON=C1C=CC(=NOC(=O)c2ccco2)C=C1)c1ccco1. The molecule has 0 unspecified atom stereocenters. The molecule has 0 bridgehead atoms. The molecule has 0 fully saturated rings. The highest BCUT2D eigenvalue weighted by atomic mass is 16.7. The molecule has 8 nitrogen and oxygen atoms in total. The van der Waals surface area contributed by atoms with Crippen LogP contribution in [0.5, 0.6) is 0 Å². The Hall–Kier alpha value is -3.68. The smallest absolute Gasteiger partial charge is 0.400 e. The summed E-state index contributed by atoms with van der Waals surface area (Å²) in [4.78, 5) is 32.5. The molecule has 1 aliphatic carbocycles. The van der Waals surface area contributed by atoms with Gasteiger partial charge in [-0.25, -0.2) is 9.59 Å². The average Bonchev–Trinajstić information content (AvgIpc) is 3.32. The molecule has 0 aliphatic heterocycles. The first-order valence-corrected chi connectivity index (χ1v) is 6.74. The zero-order valence-corrected chi connectivity index (χ0v) is 12.1. The van der Waals surface area contributed by atoms with Crippen LogP contribution in [0.25, 0.3) is 0 Å². The maximum absolute atomic E-state index is 11.5. The Balaban J connectivity index is 1.55. The molecule has 0 saturated carbocycles. The summed E-state index contributed by atoms with van der Waals surface area (Å²) in [7, 11) is 0. The molecule has 0 amide bonds. The van der Waals surface area contributed by atoms with E-state index in [1.54, 1.807) is 12.1 Å². The van der Waals surface area contributed by atoms with Gasteiger partial charge in [-0.3, -0.25) is 0 Å². The number of hydrogen-bond donors (Lipinski definition) is 0. The second-order valence-electron chi connectivity index (χ2n) is 4.41. The van der Waals surface area contributed by atoms with E-state index in [4.69, 9.17) is 18.5 Å². The molecule has 2 aromatic heterocycles. The molecule has 0 atom stereocenters. The predicted molar refractivity (Wildman–Crippen MR) is 81.4 cm³/mol. The van der Waals surface area contributed by atoms with Crippen molar-refractivity contribution < 1.29 is 28.1 Å². The molecule has 0 spiro atoms. The van der Waals surface area contributed by atoms with Crippen molar-refractivity contribution in [3.63, 3.8) is 0 Å². The second kappa shape index (κ2) is 7.05. The lowest BCUT2D eigenvalue weighted by Gasteiger charge is -2.01. The normalized spacial score (nSPS) is 12.8. The predicted octanol–water partition coefficient (Wildman–Crippen LogP) is 2.72. The van der Waals surface area contributed by atoms with Crippen LogP contribution in [-0.2, 0) is 9.68 Å². The molecular formula is C16H10N2O6. The first-order chi connectivity index (χ1) is 11.7. The third kappa shape index (κ3) is 3.74. The molecule has 0 saturated heterocycles. The minimum atomic E-state index is -0.707. The van der Waals surface area contributed by atoms with Crippen LogP contribution in [0.15, 0.2) is 80.2 Å². The van der Waals surface area contributed by atoms with Gasteiger partial charge in [0.05, 0.1) is 12.5 Å². The van der Waals surface area contributed by atoms with Crippen molar-refractivity contribution in [1.82, 2.24) is 0 Å². The fourth-order valence-electron chi connectivity index (χ4n) is 1.64. The van der Waals surface area contributed by atoms with E-state index < -0.39 is 11.9 Å². The number of rotatable bonds is 4. The van der Waals surface area contributed by atoms with Gasteiger partial charge in [-0.1, -0.05) is 10.3 Å². The van der Waals surface area contributed by atoms with Gasteiger partial charge in [-0.05, 0) is 48.6 Å². The van der Waals surface area contributed by atoms with Gasteiger partial charge in [-0.15, -0.1) is 0 Å². The first kappa shape index (κ1) is 15.2. The minimum absolute atomic E-state index is 0.0511. The van der Waals surface area contributed by atoms with E-state index in [1.165, 1.54) is 49.0 Å². The third-order valence-corrected chi connectivity index (χ3v) is 2.76. The van der Waals surface area contributed by atoms with Gasteiger partial charge in [0.1, 0.15) is 11.4 Å². The van der Waals surface area contributed by atoms with Crippen LogP contribution in [0, 0.1) is 0 Å². The quantitative estimate of drug-likeness (QED) is 0.486. The van der Waals surface area contributed by atoms with E-state index in [9.17, 15) is 9.59 Å². The van der Waals surface area contributed by atoms with Crippen LogP contribution < -0.4 is 0 Å². The van der Waals surface area contributed by atoms with Crippen molar-refractivity contribution >= 4 is 23.4 Å². The van der Waals surface area contributed by atoms with Crippen molar-refractivity contribution in [2.75, 3.05) is 0 Å². The van der Waals surface area contributed by atoms with Crippen molar-refractivity contribution in [3.05, 3.63) is 72.6 Å². The molecular weight excluding hydrogens is 316 g/mol. The summed E-state index contributed by atoms with van der Waals surface area (Å²) in [6, 6.07) is 6.06. The number of furan rings is 2. The molecule has 2 heterocycles. The van der Waals surface area contributed by atoms with E-state index in [0.29, 0.717) is 11.4 Å². The van der Waals surface area contributed by atoms with Gasteiger partial charge in [0.2, 0.25) is 11.5 Å². The lowest BCUT2D eigenvalue weighted by Crippen LogP contribution is -2.06. The summed E-state index contributed by atoms with van der Waals surface area (Å²) in [5.74, 6) is -1.31. The lowest BCUT2D eigenvalue weighted by molar-refractivity contribution is 0.0472. The molecule has 3 rings (SSSR count). The zero-order valence-electron chi connectivity index (χ0n) is 12.1. The van der Waals surface area contributed by atoms with Gasteiger partial charge >= 0.3 is 11.9 Å². The average molecular weight is 326 g/mol. The number of oxime groups is 2.